The van der Waals surface area contributed by atoms with E-state index < -0.39 is 0 Å². The number of amides is 1. The Balaban J connectivity index is 1.69. The van der Waals surface area contributed by atoms with Crippen molar-refractivity contribution in [3.63, 3.8) is 0 Å². The Morgan fingerprint density at radius 2 is 1.71 bits per heavy atom. The summed E-state index contributed by atoms with van der Waals surface area (Å²) < 4.78 is 17.8. The van der Waals surface area contributed by atoms with Crippen LogP contribution in [0.3, 0.4) is 0 Å². The zero-order valence-electron chi connectivity index (χ0n) is 19.4. The van der Waals surface area contributed by atoms with Gasteiger partial charge >= 0.3 is 0 Å². The van der Waals surface area contributed by atoms with Gasteiger partial charge in [0, 0.05) is 31.5 Å². The summed E-state index contributed by atoms with van der Waals surface area (Å²) in [6.07, 6.45) is 1.74. The summed E-state index contributed by atoms with van der Waals surface area (Å²) >= 11 is 0. The fourth-order valence-corrected chi connectivity index (χ4v) is 3.72. The Kier molecular flexibility index (Phi) is 7.25. The van der Waals surface area contributed by atoms with Gasteiger partial charge in [-0.3, -0.25) is 4.79 Å². The van der Waals surface area contributed by atoms with Gasteiger partial charge in [0.05, 0.1) is 32.1 Å². The first-order valence-electron chi connectivity index (χ1n) is 10.9. The maximum absolute atomic E-state index is 13.3. The van der Waals surface area contributed by atoms with E-state index >= 15 is 0 Å². The first kappa shape index (κ1) is 23.1. The first-order valence-corrected chi connectivity index (χ1v) is 10.9. The molecule has 0 aliphatic heterocycles. The lowest BCUT2D eigenvalue weighted by Crippen LogP contribution is -2.23. The lowest BCUT2D eigenvalue weighted by molar-refractivity contribution is 0.0951. The van der Waals surface area contributed by atoms with Gasteiger partial charge in [0.1, 0.15) is 17.2 Å². The quantitative estimate of drug-likeness (QED) is 0.397. The molecule has 0 fully saturated rings. The highest BCUT2D eigenvalue weighted by Crippen LogP contribution is 2.34. The zero-order valence-corrected chi connectivity index (χ0v) is 19.4. The van der Waals surface area contributed by atoms with E-state index in [1.165, 1.54) is 0 Å². The minimum absolute atomic E-state index is 0.229. The van der Waals surface area contributed by atoms with Crippen molar-refractivity contribution < 1.29 is 19.0 Å². The molecule has 0 saturated carbocycles. The van der Waals surface area contributed by atoms with E-state index in [2.05, 4.69) is 5.32 Å². The molecule has 7 nitrogen and oxygen atoms in total. The zero-order chi connectivity index (χ0) is 23.9. The number of carbonyl (C=O) groups excluding carboxylic acids is 1. The van der Waals surface area contributed by atoms with E-state index in [9.17, 15) is 4.79 Å². The summed E-state index contributed by atoms with van der Waals surface area (Å²) in [6.45, 7) is 0.902. The molecule has 0 aliphatic carbocycles. The number of methoxy groups -OCH3 is 3. The minimum atomic E-state index is -0.229. The van der Waals surface area contributed by atoms with Crippen molar-refractivity contribution in [2.24, 2.45) is 0 Å². The van der Waals surface area contributed by atoms with Crippen LogP contribution < -0.4 is 14.8 Å². The molecule has 4 aromatic rings. The van der Waals surface area contributed by atoms with Crippen LogP contribution in [0.15, 0.2) is 79.0 Å². The molecule has 0 unspecified atom stereocenters. The molecule has 0 spiro atoms. The molecule has 174 valence electrons. The lowest BCUT2D eigenvalue weighted by atomic mass is 10.1. The van der Waals surface area contributed by atoms with Gasteiger partial charge in [-0.1, -0.05) is 42.5 Å². The molecule has 4 rings (SSSR count). The fourth-order valence-electron chi connectivity index (χ4n) is 3.72. The van der Waals surface area contributed by atoms with Gasteiger partial charge in [0.25, 0.3) is 5.91 Å². The van der Waals surface area contributed by atoms with E-state index in [4.69, 9.17) is 19.3 Å². The number of carbonyl (C=O) groups is 1. The number of hydrogen-bond acceptors (Lipinski definition) is 5. The lowest BCUT2D eigenvalue weighted by Gasteiger charge is -2.11. The summed E-state index contributed by atoms with van der Waals surface area (Å²) in [7, 11) is 4.84. The molecule has 1 heterocycles. The second-order valence-corrected chi connectivity index (χ2v) is 7.67. The molecule has 3 aromatic carbocycles. The SMILES string of the molecule is COCc1cccc(CNC(=O)c2cn(-c3ccccc3)nc2-c2ccc(OC)cc2OC)c1. The molecule has 1 amide bonds. The molecular formula is C27H27N3O4. The summed E-state index contributed by atoms with van der Waals surface area (Å²) in [5.41, 5.74) is 4.55. The van der Waals surface area contributed by atoms with Crippen LogP contribution in [0.2, 0.25) is 0 Å². The van der Waals surface area contributed by atoms with E-state index in [0.717, 1.165) is 16.8 Å². The number of nitrogens with zero attached hydrogens (tertiary/aromatic N) is 2. The van der Waals surface area contributed by atoms with Gasteiger partial charge < -0.3 is 19.5 Å². The maximum atomic E-state index is 13.3. The average Bonchev–Trinajstić information content (AvgIpc) is 3.33. The molecule has 0 radical (unpaired) electrons. The number of para-hydroxylation sites is 1. The second kappa shape index (κ2) is 10.7. The summed E-state index contributed by atoms with van der Waals surface area (Å²) in [4.78, 5) is 13.3. The van der Waals surface area contributed by atoms with Crippen molar-refractivity contribution in [2.75, 3.05) is 21.3 Å². The number of benzene rings is 3. The van der Waals surface area contributed by atoms with E-state index in [-0.39, 0.29) is 5.91 Å². The normalized spacial score (nSPS) is 10.7. The molecular weight excluding hydrogens is 430 g/mol. The molecule has 0 atom stereocenters. The maximum Gasteiger partial charge on any atom is 0.255 e. The summed E-state index contributed by atoms with van der Waals surface area (Å²) in [5, 5.41) is 7.77. The number of ether oxygens (including phenoxy) is 3. The number of nitrogens with one attached hydrogen (secondary N) is 1. The molecule has 0 saturated heterocycles. The van der Waals surface area contributed by atoms with Crippen LogP contribution >= 0.6 is 0 Å². The van der Waals surface area contributed by atoms with Crippen LogP contribution in [0, 0.1) is 0 Å². The third kappa shape index (κ3) is 5.10. The number of aromatic nitrogens is 2. The average molecular weight is 458 g/mol. The van der Waals surface area contributed by atoms with E-state index in [0.29, 0.717) is 41.5 Å². The first-order chi connectivity index (χ1) is 16.6. The van der Waals surface area contributed by atoms with Crippen molar-refractivity contribution in [3.8, 4) is 28.4 Å². The van der Waals surface area contributed by atoms with Gasteiger partial charge in [0.15, 0.2) is 0 Å². The van der Waals surface area contributed by atoms with Crippen LogP contribution in [0.1, 0.15) is 21.5 Å². The van der Waals surface area contributed by atoms with Crippen molar-refractivity contribution in [1.82, 2.24) is 15.1 Å². The summed E-state index contributed by atoms with van der Waals surface area (Å²) in [5.74, 6) is 0.996. The van der Waals surface area contributed by atoms with Crippen LogP contribution in [0.25, 0.3) is 16.9 Å². The second-order valence-electron chi connectivity index (χ2n) is 7.67. The molecule has 34 heavy (non-hydrogen) atoms. The molecule has 7 heteroatoms. The van der Waals surface area contributed by atoms with Gasteiger partial charge in [-0.15, -0.1) is 0 Å². The van der Waals surface area contributed by atoms with Crippen molar-refractivity contribution >= 4 is 5.91 Å². The smallest absolute Gasteiger partial charge is 0.255 e. The summed E-state index contributed by atoms with van der Waals surface area (Å²) in [6, 6.07) is 23.0. The Hall–Kier alpha value is -4.10. The van der Waals surface area contributed by atoms with Crippen LogP contribution in [0.4, 0.5) is 0 Å². The topological polar surface area (TPSA) is 74.6 Å². The largest absolute Gasteiger partial charge is 0.497 e. The Labute approximate surface area is 198 Å². The van der Waals surface area contributed by atoms with Gasteiger partial charge in [-0.25, -0.2) is 4.68 Å². The van der Waals surface area contributed by atoms with Crippen molar-refractivity contribution in [1.29, 1.82) is 0 Å². The predicted octanol–water partition coefficient (Wildman–Crippen LogP) is 4.63. The minimum Gasteiger partial charge on any atom is -0.497 e. The van der Waals surface area contributed by atoms with E-state index in [1.54, 1.807) is 38.3 Å². The molecule has 0 bridgehead atoms. The van der Waals surface area contributed by atoms with Crippen LogP contribution in [-0.2, 0) is 17.9 Å². The van der Waals surface area contributed by atoms with Crippen molar-refractivity contribution in [2.45, 2.75) is 13.2 Å². The van der Waals surface area contributed by atoms with E-state index in [1.807, 2.05) is 66.7 Å². The molecule has 1 N–H and O–H groups in total. The number of rotatable bonds is 9. The molecule has 1 aromatic heterocycles. The predicted molar refractivity (Wildman–Crippen MR) is 130 cm³/mol. The highest BCUT2D eigenvalue weighted by Gasteiger charge is 2.21. The molecule has 0 aliphatic rings. The van der Waals surface area contributed by atoms with Gasteiger partial charge in [0.2, 0.25) is 0 Å². The Morgan fingerprint density at radius 1 is 0.912 bits per heavy atom. The van der Waals surface area contributed by atoms with Crippen LogP contribution in [-0.4, -0.2) is 37.0 Å². The van der Waals surface area contributed by atoms with Crippen molar-refractivity contribution in [3.05, 3.63) is 95.7 Å². The monoisotopic (exact) mass is 457 g/mol. The van der Waals surface area contributed by atoms with Crippen LogP contribution in [0.5, 0.6) is 11.5 Å². The number of hydrogen-bond donors (Lipinski definition) is 1. The highest BCUT2D eigenvalue weighted by atomic mass is 16.5. The van der Waals surface area contributed by atoms with Gasteiger partial charge in [-0.2, -0.15) is 5.10 Å². The Morgan fingerprint density at radius 3 is 2.44 bits per heavy atom. The third-order valence-electron chi connectivity index (χ3n) is 5.40. The van der Waals surface area contributed by atoms with Gasteiger partial charge in [-0.05, 0) is 35.4 Å². The standard InChI is InChI=1S/C27H27N3O4/c1-32-18-20-9-7-8-19(14-20)16-28-27(31)24-17-30(21-10-5-4-6-11-21)29-26(24)23-13-12-22(33-2)15-25(23)34-3/h4-15,17H,16,18H2,1-3H3,(H,28,31). The fraction of sp³-hybridized carbons (Fsp3) is 0.185. The Bertz CT molecular complexity index is 1270. The highest BCUT2D eigenvalue weighted by molar-refractivity contribution is 6.00. The third-order valence-corrected chi connectivity index (χ3v) is 5.40.